The highest BCUT2D eigenvalue weighted by Gasteiger charge is 2.15. The van der Waals surface area contributed by atoms with E-state index in [0.29, 0.717) is 22.7 Å². The first kappa shape index (κ1) is 20.4. The van der Waals surface area contributed by atoms with Gasteiger partial charge < -0.3 is 10.1 Å². The molecular formula is C22H22N2O4S. The zero-order valence-corrected chi connectivity index (χ0v) is 17.2. The molecule has 0 spiro atoms. The molecule has 3 rings (SSSR count). The number of anilines is 2. The quantitative estimate of drug-likeness (QED) is 0.632. The van der Waals surface area contributed by atoms with Crippen LogP contribution in [0, 0.1) is 13.8 Å². The Bertz CT molecular complexity index is 1120. The fraction of sp³-hybridized carbons (Fsp3) is 0.136. The van der Waals surface area contributed by atoms with E-state index >= 15 is 0 Å². The van der Waals surface area contributed by atoms with Crippen LogP contribution in [0.2, 0.25) is 0 Å². The molecule has 0 heterocycles. The van der Waals surface area contributed by atoms with Gasteiger partial charge in [-0.05, 0) is 79.6 Å². The van der Waals surface area contributed by atoms with Crippen LogP contribution in [0.3, 0.4) is 0 Å². The van der Waals surface area contributed by atoms with Gasteiger partial charge in [-0.2, -0.15) is 0 Å². The minimum atomic E-state index is -3.75. The lowest BCUT2D eigenvalue weighted by atomic mass is 10.0. The molecule has 0 saturated carbocycles. The highest BCUT2D eigenvalue weighted by Crippen LogP contribution is 2.21. The van der Waals surface area contributed by atoms with Gasteiger partial charge in [-0.25, -0.2) is 8.42 Å². The van der Waals surface area contributed by atoms with Gasteiger partial charge in [0.25, 0.3) is 15.9 Å². The van der Waals surface area contributed by atoms with Crippen molar-refractivity contribution in [3.05, 3.63) is 83.4 Å². The second-order valence-electron chi connectivity index (χ2n) is 6.56. The van der Waals surface area contributed by atoms with Crippen molar-refractivity contribution in [2.75, 3.05) is 17.1 Å². The molecule has 0 fully saturated rings. The SMILES string of the molecule is COc1ccc(NS(=O)(=O)c2ccc(NC(=O)c3cccc(C)c3C)cc2)cc1. The van der Waals surface area contributed by atoms with Crippen molar-refractivity contribution in [2.24, 2.45) is 0 Å². The summed E-state index contributed by atoms with van der Waals surface area (Å²) in [7, 11) is -2.20. The largest absolute Gasteiger partial charge is 0.497 e. The van der Waals surface area contributed by atoms with Crippen LogP contribution >= 0.6 is 0 Å². The Morgan fingerprint density at radius 1 is 0.862 bits per heavy atom. The molecule has 29 heavy (non-hydrogen) atoms. The third-order valence-corrected chi connectivity index (χ3v) is 6.01. The second-order valence-corrected chi connectivity index (χ2v) is 8.24. The Morgan fingerprint density at radius 2 is 1.48 bits per heavy atom. The van der Waals surface area contributed by atoms with E-state index in [1.54, 1.807) is 49.6 Å². The van der Waals surface area contributed by atoms with E-state index in [4.69, 9.17) is 4.74 Å². The van der Waals surface area contributed by atoms with Crippen LogP contribution in [0.15, 0.2) is 71.6 Å². The molecule has 6 nitrogen and oxygen atoms in total. The molecule has 3 aromatic carbocycles. The fourth-order valence-corrected chi connectivity index (χ4v) is 3.84. The molecule has 0 radical (unpaired) electrons. The zero-order valence-electron chi connectivity index (χ0n) is 16.4. The summed E-state index contributed by atoms with van der Waals surface area (Å²) in [6, 6.07) is 18.1. The molecule has 0 aliphatic carbocycles. The summed E-state index contributed by atoms with van der Waals surface area (Å²) >= 11 is 0. The van der Waals surface area contributed by atoms with Gasteiger partial charge in [0.2, 0.25) is 0 Å². The highest BCUT2D eigenvalue weighted by atomic mass is 32.2. The summed E-state index contributed by atoms with van der Waals surface area (Å²) in [5, 5.41) is 2.80. The number of hydrogen-bond acceptors (Lipinski definition) is 4. The summed E-state index contributed by atoms with van der Waals surface area (Å²) in [4.78, 5) is 12.6. The Labute approximate surface area is 170 Å². The van der Waals surface area contributed by atoms with Crippen molar-refractivity contribution < 1.29 is 17.9 Å². The van der Waals surface area contributed by atoms with Gasteiger partial charge in [-0.15, -0.1) is 0 Å². The number of carbonyl (C=O) groups is 1. The molecule has 0 atom stereocenters. The molecule has 0 aliphatic heterocycles. The molecule has 0 unspecified atom stereocenters. The average molecular weight is 410 g/mol. The number of ether oxygens (including phenoxy) is 1. The Kier molecular flexibility index (Phi) is 5.89. The molecule has 0 aromatic heterocycles. The van der Waals surface area contributed by atoms with Gasteiger partial charge in [0, 0.05) is 16.9 Å². The Balaban J connectivity index is 1.73. The lowest BCUT2D eigenvalue weighted by Gasteiger charge is -2.11. The molecule has 1 amide bonds. The highest BCUT2D eigenvalue weighted by molar-refractivity contribution is 7.92. The first-order valence-corrected chi connectivity index (χ1v) is 10.4. The number of carbonyl (C=O) groups excluding carboxylic acids is 1. The summed E-state index contributed by atoms with van der Waals surface area (Å²) < 4.78 is 32.7. The molecule has 0 bridgehead atoms. The van der Waals surface area contributed by atoms with Crippen LogP contribution < -0.4 is 14.8 Å². The zero-order chi connectivity index (χ0) is 21.0. The van der Waals surface area contributed by atoms with Crippen molar-refractivity contribution in [3.8, 4) is 5.75 Å². The number of benzene rings is 3. The number of hydrogen-bond donors (Lipinski definition) is 2. The van der Waals surface area contributed by atoms with E-state index < -0.39 is 10.0 Å². The number of aryl methyl sites for hydroxylation is 1. The van der Waals surface area contributed by atoms with E-state index in [0.717, 1.165) is 11.1 Å². The summed E-state index contributed by atoms with van der Waals surface area (Å²) in [5.74, 6) is 0.398. The molecule has 7 heteroatoms. The Hall–Kier alpha value is -3.32. The lowest BCUT2D eigenvalue weighted by molar-refractivity contribution is 0.102. The number of nitrogens with one attached hydrogen (secondary N) is 2. The lowest BCUT2D eigenvalue weighted by Crippen LogP contribution is -2.15. The van der Waals surface area contributed by atoms with Gasteiger partial charge in [0.05, 0.1) is 12.0 Å². The van der Waals surface area contributed by atoms with Crippen LogP contribution in [0.25, 0.3) is 0 Å². The predicted octanol–water partition coefficient (Wildman–Crippen LogP) is 4.37. The second kappa shape index (κ2) is 8.36. The van der Waals surface area contributed by atoms with Crippen LogP contribution in [-0.2, 0) is 10.0 Å². The standard InChI is InChI=1S/C22H22N2O4S/c1-15-5-4-6-21(16(15)2)22(25)23-17-9-13-20(14-10-17)29(26,27)24-18-7-11-19(28-3)12-8-18/h4-14,24H,1-3H3,(H,23,25). The third kappa shape index (κ3) is 4.75. The van der Waals surface area contributed by atoms with Crippen molar-refractivity contribution >= 4 is 27.3 Å². The number of rotatable bonds is 6. The predicted molar refractivity (Wildman–Crippen MR) is 114 cm³/mol. The van der Waals surface area contributed by atoms with Crippen LogP contribution in [0.1, 0.15) is 21.5 Å². The van der Waals surface area contributed by atoms with Crippen LogP contribution in [-0.4, -0.2) is 21.4 Å². The average Bonchev–Trinajstić information content (AvgIpc) is 2.70. The van der Waals surface area contributed by atoms with E-state index in [9.17, 15) is 13.2 Å². The molecular weight excluding hydrogens is 388 g/mol. The van der Waals surface area contributed by atoms with Crippen molar-refractivity contribution in [1.82, 2.24) is 0 Å². The molecule has 0 aliphatic rings. The fourth-order valence-electron chi connectivity index (χ4n) is 2.79. The van der Waals surface area contributed by atoms with E-state index in [1.807, 2.05) is 26.0 Å². The van der Waals surface area contributed by atoms with Gasteiger partial charge in [0.1, 0.15) is 5.75 Å². The summed E-state index contributed by atoms with van der Waals surface area (Å²) in [6.45, 7) is 3.84. The number of amides is 1. The van der Waals surface area contributed by atoms with Gasteiger partial charge in [-0.1, -0.05) is 12.1 Å². The van der Waals surface area contributed by atoms with Gasteiger partial charge in [0.15, 0.2) is 0 Å². The smallest absolute Gasteiger partial charge is 0.261 e. The van der Waals surface area contributed by atoms with Crippen molar-refractivity contribution in [2.45, 2.75) is 18.7 Å². The number of sulfonamides is 1. The molecule has 150 valence electrons. The Morgan fingerprint density at radius 3 is 2.10 bits per heavy atom. The maximum Gasteiger partial charge on any atom is 0.261 e. The van der Waals surface area contributed by atoms with Gasteiger partial charge in [-0.3, -0.25) is 9.52 Å². The van der Waals surface area contributed by atoms with E-state index in [1.165, 1.54) is 12.1 Å². The molecule has 3 aromatic rings. The minimum Gasteiger partial charge on any atom is -0.497 e. The third-order valence-electron chi connectivity index (χ3n) is 4.61. The summed E-state index contributed by atoms with van der Waals surface area (Å²) in [6.07, 6.45) is 0. The van der Waals surface area contributed by atoms with Crippen LogP contribution in [0.5, 0.6) is 5.75 Å². The van der Waals surface area contributed by atoms with E-state index in [2.05, 4.69) is 10.0 Å². The summed E-state index contributed by atoms with van der Waals surface area (Å²) in [5.41, 5.74) is 3.47. The molecule has 0 saturated heterocycles. The first-order valence-electron chi connectivity index (χ1n) is 8.94. The van der Waals surface area contributed by atoms with E-state index in [-0.39, 0.29) is 10.8 Å². The maximum absolute atomic E-state index is 12.6. The normalized spacial score (nSPS) is 11.0. The maximum atomic E-state index is 12.6. The number of methoxy groups -OCH3 is 1. The minimum absolute atomic E-state index is 0.0954. The first-order chi connectivity index (χ1) is 13.8. The van der Waals surface area contributed by atoms with Crippen LogP contribution in [0.4, 0.5) is 11.4 Å². The monoisotopic (exact) mass is 410 g/mol. The van der Waals surface area contributed by atoms with Crippen molar-refractivity contribution in [3.63, 3.8) is 0 Å². The topological polar surface area (TPSA) is 84.5 Å². The van der Waals surface area contributed by atoms with Gasteiger partial charge >= 0.3 is 0 Å². The van der Waals surface area contributed by atoms with Crippen molar-refractivity contribution in [1.29, 1.82) is 0 Å². The molecule has 2 N–H and O–H groups in total.